The van der Waals surface area contributed by atoms with Crippen molar-refractivity contribution in [2.75, 3.05) is 20.2 Å². The highest BCUT2D eigenvalue weighted by Gasteiger charge is 2.09. The van der Waals surface area contributed by atoms with E-state index in [9.17, 15) is 9.59 Å². The summed E-state index contributed by atoms with van der Waals surface area (Å²) in [5.41, 5.74) is 1.23. The highest BCUT2D eigenvalue weighted by atomic mass is 35.5. The van der Waals surface area contributed by atoms with Crippen LogP contribution < -0.4 is 15.4 Å². The lowest BCUT2D eigenvalue weighted by Crippen LogP contribution is -2.39. The summed E-state index contributed by atoms with van der Waals surface area (Å²) < 4.78 is 5.43. The van der Waals surface area contributed by atoms with Gasteiger partial charge in [-0.3, -0.25) is 9.59 Å². The fourth-order valence-electron chi connectivity index (χ4n) is 2.03. The number of hydrogen-bond acceptors (Lipinski definition) is 4. The van der Waals surface area contributed by atoms with Crippen LogP contribution in [0.2, 0.25) is 0 Å². The second-order valence-corrected chi connectivity index (χ2v) is 5.50. The highest BCUT2D eigenvalue weighted by molar-refractivity contribution is 6.08. The summed E-state index contributed by atoms with van der Waals surface area (Å²) in [6, 6.07) is 16.1. The van der Waals surface area contributed by atoms with Crippen LogP contribution in [0.1, 0.15) is 22.8 Å². The Kier molecular flexibility index (Phi) is 8.67. The van der Waals surface area contributed by atoms with E-state index in [1.807, 2.05) is 32.2 Å². The zero-order valence-electron chi connectivity index (χ0n) is 14.3. The van der Waals surface area contributed by atoms with Crippen molar-refractivity contribution in [2.24, 2.45) is 0 Å². The molecule has 5 nitrogen and oxygen atoms in total. The van der Waals surface area contributed by atoms with Gasteiger partial charge in [-0.25, -0.2) is 0 Å². The summed E-state index contributed by atoms with van der Waals surface area (Å²) in [6.45, 7) is 2.47. The van der Waals surface area contributed by atoms with Crippen molar-refractivity contribution < 1.29 is 14.3 Å². The van der Waals surface area contributed by atoms with Gasteiger partial charge >= 0.3 is 0 Å². The summed E-state index contributed by atoms with van der Waals surface area (Å²) in [4.78, 5) is 24.0. The number of halogens is 1. The third-order valence-corrected chi connectivity index (χ3v) is 3.62. The first-order valence-electron chi connectivity index (χ1n) is 7.86. The zero-order valence-corrected chi connectivity index (χ0v) is 15.1. The largest absolute Gasteiger partial charge is 0.484 e. The second kappa shape index (κ2) is 10.5. The van der Waals surface area contributed by atoms with E-state index < -0.39 is 0 Å². The van der Waals surface area contributed by atoms with E-state index in [0.717, 1.165) is 0 Å². The molecule has 6 heteroatoms. The molecule has 0 spiro atoms. The standard InChI is InChI=1S/C19H22N2O3.ClH/c1-14(20-2)12-21-18(22)13-24-17-10-8-16(9-11-17)19(23)15-6-4-3-5-7-15;/h3-11,14,20H,12-13H2,1-2H3,(H,21,22);1H. The number of nitrogens with one attached hydrogen (secondary N) is 2. The molecule has 0 aliphatic heterocycles. The Morgan fingerprint density at radius 1 is 1.00 bits per heavy atom. The third kappa shape index (κ3) is 6.57. The highest BCUT2D eigenvalue weighted by Crippen LogP contribution is 2.15. The smallest absolute Gasteiger partial charge is 0.257 e. The van der Waals surface area contributed by atoms with Gasteiger partial charge in [-0.05, 0) is 38.2 Å². The van der Waals surface area contributed by atoms with Crippen molar-refractivity contribution in [3.8, 4) is 5.75 Å². The van der Waals surface area contributed by atoms with Crippen LogP contribution in [0.15, 0.2) is 54.6 Å². The van der Waals surface area contributed by atoms with E-state index >= 15 is 0 Å². The van der Waals surface area contributed by atoms with Gasteiger partial charge in [-0.15, -0.1) is 12.4 Å². The van der Waals surface area contributed by atoms with Crippen molar-refractivity contribution in [2.45, 2.75) is 13.0 Å². The van der Waals surface area contributed by atoms with Crippen LogP contribution in [-0.4, -0.2) is 37.9 Å². The predicted octanol–water partition coefficient (Wildman–Crippen LogP) is 2.44. The number of carbonyl (C=O) groups is 2. The lowest BCUT2D eigenvalue weighted by Gasteiger charge is -2.12. The Morgan fingerprint density at radius 2 is 1.60 bits per heavy atom. The first kappa shape index (κ1) is 20.7. The van der Waals surface area contributed by atoms with E-state index in [2.05, 4.69) is 10.6 Å². The average Bonchev–Trinajstić information content (AvgIpc) is 2.64. The van der Waals surface area contributed by atoms with Crippen LogP contribution >= 0.6 is 12.4 Å². The van der Waals surface area contributed by atoms with Crippen molar-refractivity contribution in [1.82, 2.24) is 10.6 Å². The molecule has 2 aromatic carbocycles. The number of ketones is 1. The molecular formula is C19H23ClN2O3. The number of ether oxygens (including phenoxy) is 1. The van der Waals surface area contributed by atoms with E-state index in [1.54, 1.807) is 36.4 Å². The maximum Gasteiger partial charge on any atom is 0.257 e. The van der Waals surface area contributed by atoms with Gasteiger partial charge in [0.2, 0.25) is 0 Å². The number of rotatable bonds is 8. The molecule has 0 radical (unpaired) electrons. The monoisotopic (exact) mass is 362 g/mol. The van der Waals surface area contributed by atoms with Crippen LogP contribution in [-0.2, 0) is 4.79 Å². The fourth-order valence-corrected chi connectivity index (χ4v) is 2.03. The van der Waals surface area contributed by atoms with Crippen molar-refractivity contribution in [3.05, 3.63) is 65.7 Å². The lowest BCUT2D eigenvalue weighted by molar-refractivity contribution is -0.123. The molecule has 25 heavy (non-hydrogen) atoms. The quantitative estimate of drug-likeness (QED) is 0.708. The normalized spacial score (nSPS) is 11.1. The molecule has 0 bridgehead atoms. The van der Waals surface area contributed by atoms with Crippen LogP contribution in [0.3, 0.4) is 0 Å². The Bertz CT molecular complexity index is 675. The van der Waals surface area contributed by atoms with Crippen molar-refractivity contribution in [3.63, 3.8) is 0 Å². The molecule has 0 heterocycles. The summed E-state index contributed by atoms with van der Waals surface area (Å²) in [5.74, 6) is 0.332. The molecule has 2 rings (SSSR count). The Hall–Kier alpha value is -2.37. The Balaban J connectivity index is 0.00000312. The molecular weight excluding hydrogens is 340 g/mol. The number of amides is 1. The first-order valence-corrected chi connectivity index (χ1v) is 7.86. The molecule has 2 aromatic rings. The number of hydrogen-bond donors (Lipinski definition) is 2. The van der Waals surface area contributed by atoms with Gasteiger partial charge in [0, 0.05) is 23.7 Å². The van der Waals surface area contributed by atoms with Gasteiger partial charge in [0.15, 0.2) is 12.4 Å². The first-order chi connectivity index (χ1) is 11.6. The Morgan fingerprint density at radius 3 is 2.20 bits per heavy atom. The minimum Gasteiger partial charge on any atom is -0.484 e. The minimum absolute atomic E-state index is 0. The maximum absolute atomic E-state index is 12.3. The summed E-state index contributed by atoms with van der Waals surface area (Å²) in [7, 11) is 1.84. The molecule has 0 aromatic heterocycles. The molecule has 0 saturated carbocycles. The van der Waals surface area contributed by atoms with E-state index in [4.69, 9.17) is 4.74 Å². The molecule has 1 unspecified atom stereocenters. The van der Waals surface area contributed by atoms with Crippen LogP contribution in [0, 0.1) is 0 Å². The van der Waals surface area contributed by atoms with Gasteiger partial charge in [-0.1, -0.05) is 30.3 Å². The molecule has 0 fully saturated rings. The molecule has 0 aliphatic rings. The number of likely N-dealkylation sites (N-methyl/N-ethyl adjacent to an activating group) is 1. The Labute approximate surface area is 154 Å². The van der Waals surface area contributed by atoms with Gasteiger partial charge in [0.05, 0.1) is 0 Å². The SMILES string of the molecule is CNC(C)CNC(=O)COc1ccc(C(=O)c2ccccc2)cc1.Cl. The van der Waals surface area contributed by atoms with E-state index in [1.165, 1.54) is 0 Å². The minimum atomic E-state index is -0.179. The fraction of sp³-hybridized carbons (Fsp3) is 0.263. The van der Waals surface area contributed by atoms with Crippen molar-refractivity contribution in [1.29, 1.82) is 0 Å². The van der Waals surface area contributed by atoms with Crippen LogP contribution in [0.25, 0.3) is 0 Å². The molecule has 0 saturated heterocycles. The molecule has 1 atom stereocenters. The maximum atomic E-state index is 12.3. The van der Waals surface area contributed by atoms with Crippen LogP contribution in [0.5, 0.6) is 5.75 Å². The summed E-state index contributed by atoms with van der Waals surface area (Å²) in [6.07, 6.45) is 0. The molecule has 1 amide bonds. The lowest BCUT2D eigenvalue weighted by atomic mass is 10.0. The second-order valence-electron chi connectivity index (χ2n) is 5.50. The summed E-state index contributed by atoms with van der Waals surface area (Å²) >= 11 is 0. The molecule has 2 N–H and O–H groups in total. The zero-order chi connectivity index (χ0) is 17.4. The molecule has 134 valence electrons. The number of benzene rings is 2. The molecule has 0 aliphatic carbocycles. The average molecular weight is 363 g/mol. The van der Waals surface area contributed by atoms with Gasteiger partial charge < -0.3 is 15.4 Å². The summed E-state index contributed by atoms with van der Waals surface area (Å²) in [5, 5.41) is 5.81. The van der Waals surface area contributed by atoms with Crippen LogP contribution in [0.4, 0.5) is 0 Å². The predicted molar refractivity (Wildman–Crippen MR) is 101 cm³/mol. The van der Waals surface area contributed by atoms with E-state index in [0.29, 0.717) is 23.4 Å². The topological polar surface area (TPSA) is 67.4 Å². The van der Waals surface area contributed by atoms with Gasteiger partial charge in [-0.2, -0.15) is 0 Å². The van der Waals surface area contributed by atoms with Crippen molar-refractivity contribution >= 4 is 24.1 Å². The van der Waals surface area contributed by atoms with E-state index in [-0.39, 0.29) is 36.7 Å². The number of carbonyl (C=O) groups excluding carboxylic acids is 2. The third-order valence-electron chi connectivity index (χ3n) is 3.62. The van der Waals surface area contributed by atoms with Gasteiger partial charge in [0.1, 0.15) is 5.75 Å². The van der Waals surface area contributed by atoms with Gasteiger partial charge in [0.25, 0.3) is 5.91 Å².